The number of hydrogen-bond acceptors (Lipinski definition) is 6. The average molecular weight is 489 g/mol. The molecule has 0 aliphatic rings. The summed E-state index contributed by atoms with van der Waals surface area (Å²) in [5.74, 6) is -0.165. The fourth-order valence-electron chi connectivity index (χ4n) is 3.23. The van der Waals surface area contributed by atoms with Gasteiger partial charge < -0.3 is 19.5 Å². The van der Waals surface area contributed by atoms with Crippen molar-refractivity contribution in [2.45, 2.75) is 11.3 Å². The number of amides is 1. The van der Waals surface area contributed by atoms with Gasteiger partial charge in [-0.15, -0.1) is 0 Å². The van der Waals surface area contributed by atoms with E-state index in [9.17, 15) is 17.6 Å². The first-order valence-electron chi connectivity index (χ1n) is 10.2. The normalized spacial score (nSPS) is 11.1. The summed E-state index contributed by atoms with van der Waals surface area (Å²) in [5.41, 5.74) is 0.751. The molecule has 34 heavy (non-hydrogen) atoms. The van der Waals surface area contributed by atoms with Gasteiger partial charge in [-0.3, -0.25) is 4.79 Å². The maximum Gasteiger partial charge on any atom is 0.258 e. The lowest BCUT2D eigenvalue weighted by molar-refractivity contribution is 0.102. The second-order valence-electron chi connectivity index (χ2n) is 7.13. The van der Waals surface area contributed by atoms with Crippen molar-refractivity contribution in [2.24, 2.45) is 0 Å². The Kier molecular flexibility index (Phi) is 8.08. The Labute approximate surface area is 197 Å². The second kappa shape index (κ2) is 11.0. The van der Waals surface area contributed by atoms with Crippen molar-refractivity contribution in [2.75, 3.05) is 33.2 Å². The molecule has 0 heterocycles. The fourth-order valence-corrected chi connectivity index (χ4v) is 4.29. The van der Waals surface area contributed by atoms with Crippen molar-refractivity contribution in [3.05, 3.63) is 77.6 Å². The molecule has 0 saturated carbocycles. The number of carbonyl (C=O) groups excluding carboxylic acids is 1. The van der Waals surface area contributed by atoms with E-state index in [4.69, 9.17) is 14.2 Å². The van der Waals surface area contributed by atoms with Crippen LogP contribution in [0.2, 0.25) is 0 Å². The first kappa shape index (κ1) is 25.0. The van der Waals surface area contributed by atoms with E-state index >= 15 is 0 Å². The molecular formula is C24H25FN2O6S. The van der Waals surface area contributed by atoms with E-state index in [-0.39, 0.29) is 11.4 Å². The predicted molar refractivity (Wildman–Crippen MR) is 126 cm³/mol. The maximum absolute atomic E-state index is 14.4. The Morgan fingerprint density at radius 1 is 0.882 bits per heavy atom. The summed E-state index contributed by atoms with van der Waals surface area (Å²) >= 11 is 0. The van der Waals surface area contributed by atoms with E-state index < -0.39 is 27.3 Å². The van der Waals surface area contributed by atoms with E-state index in [0.717, 1.165) is 23.8 Å². The fraction of sp³-hybridized carbons (Fsp3) is 0.208. The Morgan fingerprint density at radius 3 is 2.29 bits per heavy atom. The number of carbonyl (C=O) groups is 1. The molecule has 3 rings (SSSR count). The summed E-state index contributed by atoms with van der Waals surface area (Å²) in [5, 5.41) is 2.54. The van der Waals surface area contributed by atoms with Gasteiger partial charge in [0.1, 0.15) is 11.6 Å². The van der Waals surface area contributed by atoms with Crippen LogP contribution in [0, 0.1) is 5.82 Å². The van der Waals surface area contributed by atoms with Gasteiger partial charge in [0.25, 0.3) is 5.91 Å². The molecule has 180 valence electrons. The van der Waals surface area contributed by atoms with Crippen LogP contribution in [0.4, 0.5) is 10.1 Å². The molecule has 0 bridgehead atoms. The Balaban J connectivity index is 1.73. The van der Waals surface area contributed by atoms with Crippen LogP contribution in [0.25, 0.3) is 0 Å². The quantitative estimate of drug-likeness (QED) is 0.452. The molecule has 3 aromatic carbocycles. The van der Waals surface area contributed by atoms with Gasteiger partial charge in [0.15, 0.2) is 11.5 Å². The lowest BCUT2D eigenvalue weighted by atomic mass is 10.1. The van der Waals surface area contributed by atoms with Crippen molar-refractivity contribution in [3.63, 3.8) is 0 Å². The minimum absolute atomic E-state index is 0.0813. The molecule has 0 atom stereocenters. The first-order valence-corrected chi connectivity index (χ1v) is 11.7. The molecule has 10 heteroatoms. The summed E-state index contributed by atoms with van der Waals surface area (Å²) in [4.78, 5) is 12.4. The van der Waals surface area contributed by atoms with E-state index in [2.05, 4.69) is 10.0 Å². The second-order valence-corrected chi connectivity index (χ2v) is 8.90. The van der Waals surface area contributed by atoms with Gasteiger partial charge in [-0.25, -0.2) is 17.5 Å². The number of hydrogen-bond donors (Lipinski definition) is 2. The van der Waals surface area contributed by atoms with Crippen LogP contribution in [0.1, 0.15) is 15.9 Å². The molecule has 3 aromatic rings. The van der Waals surface area contributed by atoms with Crippen molar-refractivity contribution in [1.29, 1.82) is 0 Å². The van der Waals surface area contributed by atoms with Crippen molar-refractivity contribution >= 4 is 21.6 Å². The minimum Gasteiger partial charge on any atom is -0.495 e. The molecule has 0 radical (unpaired) electrons. The van der Waals surface area contributed by atoms with Gasteiger partial charge in [-0.05, 0) is 54.4 Å². The third kappa shape index (κ3) is 5.83. The number of nitrogens with one attached hydrogen (secondary N) is 2. The molecular weight excluding hydrogens is 463 g/mol. The zero-order chi connectivity index (χ0) is 24.7. The number of para-hydroxylation sites is 2. The van der Waals surface area contributed by atoms with Crippen LogP contribution in [0.5, 0.6) is 17.2 Å². The zero-order valence-electron chi connectivity index (χ0n) is 18.9. The van der Waals surface area contributed by atoms with Crippen LogP contribution < -0.4 is 24.2 Å². The van der Waals surface area contributed by atoms with E-state index in [1.54, 1.807) is 42.5 Å². The van der Waals surface area contributed by atoms with Crippen molar-refractivity contribution in [3.8, 4) is 17.2 Å². The van der Waals surface area contributed by atoms with Crippen LogP contribution in [0.3, 0.4) is 0 Å². The monoisotopic (exact) mass is 488 g/mol. The van der Waals surface area contributed by atoms with Gasteiger partial charge in [0.05, 0.1) is 37.5 Å². The summed E-state index contributed by atoms with van der Waals surface area (Å²) in [6, 6.07) is 15.0. The lowest BCUT2D eigenvalue weighted by Crippen LogP contribution is -2.26. The highest BCUT2D eigenvalue weighted by Crippen LogP contribution is 2.28. The zero-order valence-corrected chi connectivity index (χ0v) is 19.7. The number of rotatable bonds is 10. The molecule has 0 aliphatic heterocycles. The highest BCUT2D eigenvalue weighted by atomic mass is 32.2. The van der Waals surface area contributed by atoms with Crippen LogP contribution >= 0.6 is 0 Å². The van der Waals surface area contributed by atoms with Crippen LogP contribution in [-0.4, -0.2) is 42.2 Å². The largest absolute Gasteiger partial charge is 0.495 e. The SMILES string of the molecule is COc1ccccc1NC(=O)c1cc(S(=O)(=O)NCCc2ccc(OC)c(OC)c2)ccc1F. The molecule has 0 aliphatic carbocycles. The number of methoxy groups -OCH3 is 3. The number of sulfonamides is 1. The van der Waals surface area contributed by atoms with Crippen LogP contribution in [0.15, 0.2) is 65.6 Å². The van der Waals surface area contributed by atoms with Gasteiger partial charge >= 0.3 is 0 Å². The van der Waals surface area contributed by atoms with Crippen molar-refractivity contribution < 1.29 is 31.8 Å². The van der Waals surface area contributed by atoms with Gasteiger partial charge in [0.2, 0.25) is 10.0 Å². The van der Waals surface area contributed by atoms with E-state index in [1.165, 1.54) is 21.3 Å². The van der Waals surface area contributed by atoms with Gasteiger partial charge in [-0.1, -0.05) is 18.2 Å². The summed E-state index contributed by atoms with van der Waals surface area (Å²) in [6.07, 6.45) is 0.377. The summed E-state index contributed by atoms with van der Waals surface area (Å²) < 4.78 is 58.0. The first-order chi connectivity index (χ1) is 16.3. The minimum atomic E-state index is -3.99. The topological polar surface area (TPSA) is 103 Å². The molecule has 0 spiro atoms. The van der Waals surface area contributed by atoms with E-state index in [0.29, 0.717) is 29.4 Å². The predicted octanol–water partition coefficient (Wildman–Crippen LogP) is 3.62. The van der Waals surface area contributed by atoms with Gasteiger partial charge in [-0.2, -0.15) is 0 Å². The number of halogens is 1. The molecule has 2 N–H and O–H groups in total. The van der Waals surface area contributed by atoms with Crippen LogP contribution in [-0.2, 0) is 16.4 Å². The smallest absolute Gasteiger partial charge is 0.258 e. The highest BCUT2D eigenvalue weighted by Gasteiger charge is 2.20. The third-order valence-corrected chi connectivity index (χ3v) is 6.46. The molecule has 0 unspecified atom stereocenters. The average Bonchev–Trinajstić information content (AvgIpc) is 2.84. The summed E-state index contributed by atoms with van der Waals surface area (Å²) in [7, 11) is 0.484. The maximum atomic E-state index is 14.4. The Morgan fingerprint density at radius 2 is 1.59 bits per heavy atom. The lowest BCUT2D eigenvalue weighted by Gasteiger charge is -2.12. The Hall–Kier alpha value is -3.63. The molecule has 8 nitrogen and oxygen atoms in total. The Bertz CT molecular complexity index is 1280. The number of ether oxygens (including phenoxy) is 3. The van der Waals surface area contributed by atoms with Gasteiger partial charge in [0, 0.05) is 6.54 Å². The molecule has 0 aromatic heterocycles. The number of anilines is 1. The molecule has 0 saturated heterocycles. The van der Waals surface area contributed by atoms with E-state index in [1.807, 2.05) is 0 Å². The summed E-state index contributed by atoms with van der Waals surface area (Å²) in [6.45, 7) is 0.0813. The molecule has 0 fully saturated rings. The van der Waals surface area contributed by atoms with Crippen molar-refractivity contribution in [1.82, 2.24) is 4.72 Å². The number of benzene rings is 3. The molecule has 1 amide bonds. The highest BCUT2D eigenvalue weighted by molar-refractivity contribution is 7.89. The standard InChI is InChI=1S/C24H25FN2O6S/c1-31-21-7-5-4-6-20(21)27-24(28)18-15-17(9-10-19(18)25)34(29,30)26-13-12-16-8-11-22(32-2)23(14-16)33-3/h4-11,14-15,26H,12-13H2,1-3H3,(H,27,28). The third-order valence-electron chi connectivity index (χ3n) is 5.00.